The van der Waals surface area contributed by atoms with Crippen molar-refractivity contribution in [2.24, 2.45) is 0 Å². The second kappa shape index (κ2) is 7.70. The molecular weight excluding hydrogens is 323 g/mol. The van der Waals surface area contributed by atoms with Gasteiger partial charge in [-0.05, 0) is 23.9 Å². The highest BCUT2D eigenvalue weighted by Gasteiger charge is 2.25. The van der Waals surface area contributed by atoms with E-state index in [1.54, 1.807) is 0 Å². The van der Waals surface area contributed by atoms with Crippen LogP contribution in [0.3, 0.4) is 0 Å². The number of hydrogen-bond donors (Lipinski definition) is 0. The highest BCUT2D eigenvalue weighted by molar-refractivity contribution is 6.50. The van der Waals surface area contributed by atoms with Crippen LogP contribution < -0.4 is 0 Å². The highest BCUT2D eigenvalue weighted by atomic mass is 19.5. The Morgan fingerprint density at radius 2 is 1.79 bits per heavy atom. The van der Waals surface area contributed by atoms with Crippen molar-refractivity contribution in [2.75, 3.05) is 13.2 Å². The van der Waals surface area contributed by atoms with Crippen molar-refractivity contribution in [1.29, 1.82) is 0 Å². The summed E-state index contributed by atoms with van der Waals surface area (Å²) in [5.74, 6) is 1.06. The van der Waals surface area contributed by atoms with Gasteiger partial charge in [-0.3, -0.25) is 0 Å². The summed E-state index contributed by atoms with van der Waals surface area (Å²) in [6, 6.07) is 10.7. The maximum absolute atomic E-state index is 9.75. The highest BCUT2D eigenvalue weighted by Crippen LogP contribution is 2.41. The molecule has 0 amide bonds. The molecule has 0 aliphatic heterocycles. The topological polar surface area (TPSA) is 22.0 Å². The molecule has 2 aromatic carbocycles. The molecule has 2 nitrogen and oxygen atoms in total. The Morgan fingerprint density at radius 1 is 1.08 bits per heavy atom. The van der Waals surface area contributed by atoms with Gasteiger partial charge in [-0.2, -0.15) is 0 Å². The maximum atomic E-state index is 9.75. The molecule has 0 fully saturated rings. The summed E-state index contributed by atoms with van der Waals surface area (Å²) >= 11 is 0. The Bertz CT molecular complexity index is 722. The average molecular weight is 342 g/mol. The van der Waals surface area contributed by atoms with Crippen LogP contribution in [0.1, 0.15) is 31.1 Å². The summed E-state index contributed by atoms with van der Waals surface area (Å²) in [6.45, 7) is 5.60. The van der Waals surface area contributed by atoms with Gasteiger partial charge in [0.15, 0.2) is 6.61 Å². The van der Waals surface area contributed by atoms with Crippen LogP contribution in [0.4, 0.5) is 17.3 Å². The zero-order valence-electron chi connectivity index (χ0n) is 13.5. The first-order chi connectivity index (χ1) is 11.3. The molecule has 1 aliphatic rings. The monoisotopic (exact) mass is 342 g/mol. The minimum absolute atomic E-state index is 0.0221. The smallest absolute Gasteiger partial charge is 0.583 e. The average Bonchev–Trinajstić information content (AvgIpc) is 2.50. The number of rotatable bonds is 4. The van der Waals surface area contributed by atoms with Crippen LogP contribution in [0, 0.1) is 0 Å². The first-order valence-electron chi connectivity index (χ1n) is 7.75. The van der Waals surface area contributed by atoms with E-state index in [1.807, 2.05) is 6.92 Å². The number of halogens is 4. The largest absolute Gasteiger partial charge is 0.673 e. The Kier molecular flexibility index (Phi) is 5.88. The molecule has 1 N–H and O–H groups in total. The summed E-state index contributed by atoms with van der Waals surface area (Å²) < 4.78 is 49.5. The molecule has 1 atom stereocenters. The Hall–Kier alpha value is -2.02. The van der Waals surface area contributed by atoms with Crippen LogP contribution in [0.5, 0.6) is 5.75 Å². The van der Waals surface area contributed by atoms with E-state index in [-0.39, 0.29) is 6.10 Å². The van der Waals surface area contributed by atoms with Gasteiger partial charge in [0, 0.05) is 25.0 Å². The number of ether oxygens (including phenoxy) is 2. The number of benzene rings is 2. The van der Waals surface area contributed by atoms with E-state index in [4.69, 9.17) is 4.74 Å². The third-order valence-electron chi connectivity index (χ3n) is 3.50. The molecule has 7 heteroatoms. The van der Waals surface area contributed by atoms with E-state index < -0.39 is 7.25 Å². The third kappa shape index (κ3) is 4.51. The van der Waals surface area contributed by atoms with Crippen LogP contribution >= 0.6 is 0 Å². The predicted molar refractivity (Wildman–Crippen MR) is 89.7 cm³/mol. The fourth-order valence-electron chi connectivity index (χ4n) is 2.77. The van der Waals surface area contributed by atoms with Crippen molar-refractivity contribution in [3.05, 3.63) is 47.5 Å². The van der Waals surface area contributed by atoms with E-state index in [9.17, 15) is 17.3 Å². The minimum atomic E-state index is -6.00. The molecule has 2 aromatic rings. The van der Waals surface area contributed by atoms with Gasteiger partial charge in [0.25, 0.3) is 5.75 Å². The summed E-state index contributed by atoms with van der Waals surface area (Å²) in [4.78, 5) is 0. The summed E-state index contributed by atoms with van der Waals surface area (Å²) in [7, 11) is -6.00. The molecular formula is C17H19BF4O2. The molecule has 0 bridgehead atoms. The molecule has 130 valence electrons. The first-order valence-corrected chi connectivity index (χ1v) is 7.75. The minimum Gasteiger partial charge on any atom is -0.583 e. The number of hydrogen-bond acceptors (Lipinski definition) is 1. The van der Waals surface area contributed by atoms with Gasteiger partial charge in [0.2, 0.25) is 0 Å². The zero-order chi connectivity index (χ0) is 17.7. The van der Waals surface area contributed by atoms with E-state index in [1.165, 1.54) is 21.9 Å². The molecule has 0 aromatic heterocycles. The van der Waals surface area contributed by atoms with Crippen molar-refractivity contribution in [2.45, 2.75) is 20.0 Å². The van der Waals surface area contributed by atoms with Crippen molar-refractivity contribution in [3.8, 4) is 5.75 Å². The lowest BCUT2D eigenvalue weighted by Crippen LogP contribution is -2.08. The van der Waals surface area contributed by atoms with E-state index in [0.29, 0.717) is 6.61 Å². The molecule has 1 unspecified atom stereocenters. The second-order valence-electron chi connectivity index (χ2n) is 5.15. The molecule has 24 heavy (non-hydrogen) atoms. The fraction of sp³-hybridized carbons (Fsp3) is 0.294. The van der Waals surface area contributed by atoms with Gasteiger partial charge in [0.05, 0.1) is 5.56 Å². The first kappa shape index (κ1) is 18.3. The quantitative estimate of drug-likeness (QED) is 0.408. The van der Waals surface area contributed by atoms with Crippen LogP contribution in [-0.2, 0) is 4.74 Å². The van der Waals surface area contributed by atoms with E-state index in [0.717, 1.165) is 12.4 Å². The SMILES string of the molecule is CCOC1C=Cc2cccc3ccc([OH+]CC)c1c23.F[B-](F)(F)F. The van der Waals surface area contributed by atoms with Gasteiger partial charge in [-0.1, -0.05) is 30.4 Å². The van der Waals surface area contributed by atoms with Gasteiger partial charge >= 0.3 is 7.25 Å². The number of aromatic hydroxyl groups is 1. The van der Waals surface area contributed by atoms with Gasteiger partial charge in [-0.15, -0.1) is 0 Å². The van der Waals surface area contributed by atoms with Gasteiger partial charge < -0.3 is 26.7 Å². The Balaban J connectivity index is 0.000000368. The number of aliphatic hydroxyl groups is 1. The standard InChI is InChI=1S/C17H18O2.BF4/c1-3-18-14-10-8-12-6-5-7-13-9-11-15(19-4-2)17(14)16(12)13;2-1(3,4)5/h5-11,14H,3-4H2,1-2H3;/q;-1/p+1. The molecule has 0 saturated carbocycles. The Labute approximate surface area is 138 Å². The zero-order valence-corrected chi connectivity index (χ0v) is 13.5. The van der Waals surface area contributed by atoms with Crippen molar-refractivity contribution in [3.63, 3.8) is 0 Å². The lowest BCUT2D eigenvalue weighted by atomic mass is 9.90. The third-order valence-corrected chi connectivity index (χ3v) is 3.50. The van der Waals surface area contributed by atoms with Crippen LogP contribution in [-0.4, -0.2) is 25.2 Å². The lowest BCUT2D eigenvalue weighted by Gasteiger charge is -2.22. The van der Waals surface area contributed by atoms with Crippen molar-refractivity contribution >= 4 is 24.1 Å². The molecule has 3 rings (SSSR count). The summed E-state index contributed by atoms with van der Waals surface area (Å²) in [6.07, 6.45) is 4.31. The van der Waals surface area contributed by atoms with Crippen LogP contribution in [0.25, 0.3) is 16.8 Å². The summed E-state index contributed by atoms with van der Waals surface area (Å²) in [5, 5.41) is 2.55. The molecule has 0 saturated heterocycles. The molecule has 0 heterocycles. The van der Waals surface area contributed by atoms with E-state index >= 15 is 0 Å². The predicted octanol–water partition coefficient (Wildman–Crippen LogP) is 5.51. The maximum Gasteiger partial charge on any atom is 0.673 e. The van der Waals surface area contributed by atoms with Gasteiger partial charge in [0.1, 0.15) is 6.10 Å². The van der Waals surface area contributed by atoms with Gasteiger partial charge in [-0.25, -0.2) is 0 Å². The lowest BCUT2D eigenvalue weighted by molar-refractivity contribution is 0.0611. The van der Waals surface area contributed by atoms with Crippen LogP contribution in [0.2, 0.25) is 0 Å². The molecule has 1 aliphatic carbocycles. The Morgan fingerprint density at radius 3 is 2.42 bits per heavy atom. The van der Waals surface area contributed by atoms with E-state index in [2.05, 4.69) is 54.1 Å². The second-order valence-corrected chi connectivity index (χ2v) is 5.15. The molecule has 0 radical (unpaired) electrons. The van der Waals surface area contributed by atoms with Crippen LogP contribution in [0.15, 0.2) is 36.4 Å². The normalized spacial score (nSPS) is 15.8. The molecule has 0 spiro atoms. The van der Waals surface area contributed by atoms with Crippen molar-refractivity contribution < 1.29 is 26.7 Å². The van der Waals surface area contributed by atoms with Crippen molar-refractivity contribution in [1.82, 2.24) is 0 Å². The fourth-order valence-corrected chi connectivity index (χ4v) is 2.77. The summed E-state index contributed by atoms with van der Waals surface area (Å²) in [5.41, 5.74) is 2.48.